The van der Waals surface area contributed by atoms with E-state index in [2.05, 4.69) is 12.2 Å². The van der Waals surface area contributed by atoms with E-state index in [0.29, 0.717) is 24.4 Å². The highest BCUT2D eigenvalue weighted by molar-refractivity contribution is 5.79. The summed E-state index contributed by atoms with van der Waals surface area (Å²) in [7, 11) is 1.99. The molecule has 0 radical (unpaired) electrons. The lowest BCUT2D eigenvalue weighted by Gasteiger charge is -2.39. The Balaban J connectivity index is 1.97. The molecular weight excluding hydrogens is 224 g/mol. The highest BCUT2D eigenvalue weighted by Crippen LogP contribution is 2.29. The Labute approximate surface area is 110 Å². The summed E-state index contributed by atoms with van der Waals surface area (Å²) < 4.78 is 0. The third kappa shape index (κ3) is 2.94. The molecule has 1 fully saturated rings. The maximum Gasteiger partial charge on any atom is 0.226 e. The minimum Gasteiger partial charge on any atom is -0.342 e. The summed E-state index contributed by atoms with van der Waals surface area (Å²) in [6.45, 7) is 0.715. The van der Waals surface area contributed by atoms with Crippen LogP contribution in [0.4, 0.5) is 0 Å². The molecule has 2 rings (SSSR count). The van der Waals surface area contributed by atoms with Gasteiger partial charge in [-0.25, -0.2) is 0 Å². The third-order valence-corrected chi connectivity index (χ3v) is 4.64. The van der Waals surface area contributed by atoms with Crippen molar-refractivity contribution < 1.29 is 4.79 Å². The first kappa shape index (κ1) is 13.6. The number of rotatable bonds is 3. The molecule has 1 saturated carbocycles. The minimum absolute atomic E-state index is 0.209. The number of amides is 1. The van der Waals surface area contributed by atoms with E-state index in [4.69, 9.17) is 5.73 Å². The van der Waals surface area contributed by atoms with Crippen LogP contribution in [-0.4, -0.2) is 30.4 Å². The fraction of sp³-hybridized carbons (Fsp3) is 0.800. The first-order chi connectivity index (χ1) is 8.74. The van der Waals surface area contributed by atoms with Crippen LogP contribution >= 0.6 is 0 Å². The molecule has 0 aliphatic heterocycles. The quantitative estimate of drug-likeness (QED) is 0.781. The van der Waals surface area contributed by atoms with Gasteiger partial charge in [-0.2, -0.15) is 0 Å². The van der Waals surface area contributed by atoms with Gasteiger partial charge in [-0.3, -0.25) is 4.79 Å². The molecular formula is C15H26N2O. The van der Waals surface area contributed by atoms with E-state index < -0.39 is 0 Å². The van der Waals surface area contributed by atoms with Crippen molar-refractivity contribution in [3.63, 3.8) is 0 Å². The van der Waals surface area contributed by atoms with Crippen molar-refractivity contribution in [2.75, 3.05) is 13.6 Å². The van der Waals surface area contributed by atoms with Gasteiger partial charge in [0, 0.05) is 19.0 Å². The molecule has 2 aliphatic carbocycles. The van der Waals surface area contributed by atoms with Gasteiger partial charge in [0.25, 0.3) is 0 Å². The second kappa shape index (κ2) is 6.37. The molecule has 1 amide bonds. The maximum atomic E-state index is 12.5. The van der Waals surface area contributed by atoms with Crippen LogP contribution < -0.4 is 5.73 Å². The lowest BCUT2D eigenvalue weighted by molar-refractivity contribution is -0.138. The number of nitrogens with zero attached hydrogens (tertiary/aromatic N) is 1. The number of nitrogens with two attached hydrogens (primary N) is 1. The standard InChI is InChI=1S/C15H26N2O/c1-17(14-10-6-5-9-13(14)11-16)15(18)12-7-3-2-4-8-12/h2-3,12-14H,4-11,16H2,1H3. The average Bonchev–Trinajstić information content (AvgIpc) is 2.46. The van der Waals surface area contributed by atoms with Gasteiger partial charge in [-0.15, -0.1) is 0 Å². The van der Waals surface area contributed by atoms with E-state index in [1.54, 1.807) is 0 Å². The maximum absolute atomic E-state index is 12.5. The molecule has 102 valence electrons. The summed E-state index contributed by atoms with van der Waals surface area (Å²) in [4.78, 5) is 14.5. The Hall–Kier alpha value is -0.830. The van der Waals surface area contributed by atoms with Crippen LogP contribution in [-0.2, 0) is 4.79 Å². The summed E-state index contributed by atoms with van der Waals surface area (Å²) in [5.41, 5.74) is 5.86. The van der Waals surface area contributed by atoms with Crippen molar-refractivity contribution in [1.82, 2.24) is 4.90 Å². The van der Waals surface area contributed by atoms with Gasteiger partial charge >= 0.3 is 0 Å². The van der Waals surface area contributed by atoms with E-state index in [-0.39, 0.29) is 5.92 Å². The van der Waals surface area contributed by atoms with E-state index in [1.807, 2.05) is 11.9 Å². The fourth-order valence-electron chi connectivity index (χ4n) is 3.44. The Morgan fingerprint density at radius 3 is 2.72 bits per heavy atom. The predicted molar refractivity (Wildman–Crippen MR) is 74.1 cm³/mol. The van der Waals surface area contributed by atoms with Gasteiger partial charge in [0.15, 0.2) is 0 Å². The number of hydrogen-bond donors (Lipinski definition) is 1. The summed E-state index contributed by atoms with van der Waals surface area (Å²) in [5, 5.41) is 0. The van der Waals surface area contributed by atoms with Gasteiger partial charge in [0.1, 0.15) is 0 Å². The molecule has 0 saturated heterocycles. The van der Waals surface area contributed by atoms with E-state index in [0.717, 1.165) is 25.7 Å². The molecule has 3 atom stereocenters. The van der Waals surface area contributed by atoms with Crippen molar-refractivity contribution >= 4 is 5.91 Å². The zero-order valence-corrected chi connectivity index (χ0v) is 11.5. The average molecular weight is 250 g/mol. The summed E-state index contributed by atoms with van der Waals surface area (Å²) in [6, 6.07) is 0.377. The number of hydrogen-bond acceptors (Lipinski definition) is 2. The lowest BCUT2D eigenvalue weighted by atomic mass is 9.82. The van der Waals surface area contributed by atoms with Crippen LogP contribution in [0.1, 0.15) is 44.9 Å². The van der Waals surface area contributed by atoms with Crippen LogP contribution in [0.5, 0.6) is 0 Å². The fourth-order valence-corrected chi connectivity index (χ4v) is 3.44. The van der Waals surface area contributed by atoms with Gasteiger partial charge < -0.3 is 10.6 Å². The molecule has 0 heterocycles. The molecule has 3 heteroatoms. The Morgan fingerprint density at radius 2 is 2.06 bits per heavy atom. The highest BCUT2D eigenvalue weighted by atomic mass is 16.2. The zero-order chi connectivity index (χ0) is 13.0. The van der Waals surface area contributed by atoms with Crippen LogP contribution in [0, 0.1) is 11.8 Å². The highest BCUT2D eigenvalue weighted by Gasteiger charge is 2.32. The molecule has 0 aromatic rings. The number of allylic oxidation sites excluding steroid dienone is 2. The Morgan fingerprint density at radius 1 is 1.28 bits per heavy atom. The summed E-state index contributed by atoms with van der Waals surface area (Å²) in [6.07, 6.45) is 12.2. The predicted octanol–water partition coefficient (Wildman–Crippen LogP) is 2.32. The largest absolute Gasteiger partial charge is 0.342 e. The van der Waals surface area contributed by atoms with Gasteiger partial charge in [0.2, 0.25) is 5.91 Å². The topological polar surface area (TPSA) is 46.3 Å². The van der Waals surface area contributed by atoms with Crippen LogP contribution in [0.15, 0.2) is 12.2 Å². The Kier molecular flexibility index (Phi) is 4.81. The zero-order valence-electron chi connectivity index (χ0n) is 11.5. The van der Waals surface area contributed by atoms with E-state index in [9.17, 15) is 4.79 Å². The first-order valence-electron chi connectivity index (χ1n) is 7.35. The molecule has 3 unspecified atom stereocenters. The van der Waals surface area contributed by atoms with Gasteiger partial charge in [-0.1, -0.05) is 25.0 Å². The third-order valence-electron chi connectivity index (χ3n) is 4.64. The minimum atomic E-state index is 0.209. The Bertz CT molecular complexity index is 314. The van der Waals surface area contributed by atoms with Crippen molar-refractivity contribution in [2.45, 2.75) is 51.0 Å². The first-order valence-corrected chi connectivity index (χ1v) is 7.35. The van der Waals surface area contributed by atoms with Crippen molar-refractivity contribution in [1.29, 1.82) is 0 Å². The van der Waals surface area contributed by atoms with Gasteiger partial charge in [-0.05, 0) is 44.6 Å². The molecule has 2 aliphatic rings. The molecule has 0 aromatic carbocycles. The molecule has 0 bridgehead atoms. The molecule has 0 spiro atoms. The second-order valence-corrected chi connectivity index (χ2v) is 5.78. The summed E-state index contributed by atoms with van der Waals surface area (Å²) in [5.74, 6) is 1.05. The van der Waals surface area contributed by atoms with Crippen molar-refractivity contribution in [2.24, 2.45) is 17.6 Å². The van der Waals surface area contributed by atoms with Crippen molar-refractivity contribution in [3.8, 4) is 0 Å². The van der Waals surface area contributed by atoms with Crippen molar-refractivity contribution in [3.05, 3.63) is 12.2 Å². The number of carbonyl (C=O) groups excluding carboxylic acids is 1. The van der Waals surface area contributed by atoms with Crippen LogP contribution in [0.2, 0.25) is 0 Å². The molecule has 3 nitrogen and oxygen atoms in total. The van der Waals surface area contributed by atoms with Crippen LogP contribution in [0.3, 0.4) is 0 Å². The second-order valence-electron chi connectivity index (χ2n) is 5.78. The summed E-state index contributed by atoms with van der Waals surface area (Å²) >= 11 is 0. The van der Waals surface area contributed by atoms with E-state index in [1.165, 1.54) is 19.3 Å². The number of carbonyl (C=O) groups is 1. The molecule has 0 aromatic heterocycles. The smallest absolute Gasteiger partial charge is 0.226 e. The van der Waals surface area contributed by atoms with Gasteiger partial charge in [0.05, 0.1) is 0 Å². The molecule has 2 N–H and O–H groups in total. The monoisotopic (exact) mass is 250 g/mol. The molecule has 18 heavy (non-hydrogen) atoms. The lowest BCUT2D eigenvalue weighted by Crippen LogP contribution is -2.48. The van der Waals surface area contributed by atoms with Crippen LogP contribution in [0.25, 0.3) is 0 Å². The van der Waals surface area contributed by atoms with E-state index >= 15 is 0 Å². The normalized spacial score (nSPS) is 32.2. The SMILES string of the molecule is CN(C(=O)C1CC=CCC1)C1CCCCC1CN.